The van der Waals surface area contributed by atoms with E-state index in [1.54, 1.807) is 10.9 Å². The highest BCUT2D eigenvalue weighted by atomic mass is 32.1. The SMILES string of the molecule is CCC(NC(=O)c1cc(C)sc1NC(=O)C(C)(C)C)c1ccnn1C. The lowest BCUT2D eigenvalue weighted by Crippen LogP contribution is -2.31. The molecule has 2 N–H and O–H groups in total. The van der Waals surface area contributed by atoms with Gasteiger partial charge in [-0.2, -0.15) is 5.10 Å². The maximum Gasteiger partial charge on any atom is 0.254 e. The Labute approximate surface area is 152 Å². The fourth-order valence-corrected chi connectivity index (χ4v) is 3.32. The van der Waals surface area contributed by atoms with Gasteiger partial charge in [-0.1, -0.05) is 27.7 Å². The average Bonchev–Trinajstić information content (AvgIpc) is 3.09. The van der Waals surface area contributed by atoms with Gasteiger partial charge >= 0.3 is 0 Å². The molecule has 0 aliphatic carbocycles. The highest BCUT2D eigenvalue weighted by Gasteiger charge is 2.25. The van der Waals surface area contributed by atoms with Gasteiger partial charge in [0.2, 0.25) is 5.91 Å². The summed E-state index contributed by atoms with van der Waals surface area (Å²) >= 11 is 1.41. The summed E-state index contributed by atoms with van der Waals surface area (Å²) in [7, 11) is 1.86. The van der Waals surface area contributed by atoms with Crippen molar-refractivity contribution in [2.24, 2.45) is 12.5 Å². The van der Waals surface area contributed by atoms with Crippen LogP contribution in [-0.4, -0.2) is 21.6 Å². The van der Waals surface area contributed by atoms with E-state index in [0.29, 0.717) is 10.6 Å². The molecule has 0 saturated carbocycles. The molecule has 2 aromatic rings. The van der Waals surface area contributed by atoms with Crippen molar-refractivity contribution in [2.45, 2.75) is 47.1 Å². The Balaban J connectivity index is 2.22. The summed E-state index contributed by atoms with van der Waals surface area (Å²) in [5.41, 5.74) is 0.926. The number of hydrogen-bond donors (Lipinski definition) is 2. The number of rotatable bonds is 5. The molecule has 0 saturated heterocycles. The van der Waals surface area contributed by atoms with Crippen LogP contribution in [0.15, 0.2) is 18.3 Å². The molecule has 0 radical (unpaired) electrons. The van der Waals surface area contributed by atoms with Gasteiger partial charge in [-0.05, 0) is 25.5 Å². The lowest BCUT2D eigenvalue weighted by atomic mass is 9.96. The molecule has 0 aliphatic rings. The first-order valence-corrected chi connectivity index (χ1v) is 9.15. The van der Waals surface area contributed by atoms with Gasteiger partial charge in [0.1, 0.15) is 5.00 Å². The summed E-state index contributed by atoms with van der Waals surface area (Å²) in [5.74, 6) is -0.302. The zero-order chi connectivity index (χ0) is 18.8. The monoisotopic (exact) mass is 362 g/mol. The van der Waals surface area contributed by atoms with Gasteiger partial charge in [0.15, 0.2) is 0 Å². The van der Waals surface area contributed by atoms with Gasteiger partial charge in [0.25, 0.3) is 5.91 Å². The molecule has 0 bridgehead atoms. The second-order valence-electron chi connectivity index (χ2n) is 7.12. The van der Waals surface area contributed by atoms with Crippen LogP contribution in [0.4, 0.5) is 5.00 Å². The Morgan fingerprint density at radius 2 is 2.04 bits per heavy atom. The number of amides is 2. The molecule has 25 heavy (non-hydrogen) atoms. The fourth-order valence-electron chi connectivity index (χ4n) is 2.41. The summed E-state index contributed by atoms with van der Waals surface area (Å²) in [5, 5.41) is 10.7. The third-order valence-electron chi connectivity index (χ3n) is 3.94. The van der Waals surface area contributed by atoms with Crippen molar-refractivity contribution in [1.82, 2.24) is 15.1 Å². The number of aromatic nitrogens is 2. The minimum atomic E-state index is -0.522. The van der Waals surface area contributed by atoms with Gasteiger partial charge in [-0.25, -0.2) is 0 Å². The molecule has 2 aromatic heterocycles. The first-order valence-electron chi connectivity index (χ1n) is 8.34. The van der Waals surface area contributed by atoms with Crippen LogP contribution in [-0.2, 0) is 11.8 Å². The number of nitrogens with one attached hydrogen (secondary N) is 2. The van der Waals surface area contributed by atoms with Crippen LogP contribution in [0.2, 0.25) is 0 Å². The Morgan fingerprint density at radius 3 is 2.56 bits per heavy atom. The molecule has 136 valence electrons. The summed E-state index contributed by atoms with van der Waals surface area (Å²) < 4.78 is 1.76. The molecule has 2 rings (SSSR count). The minimum Gasteiger partial charge on any atom is -0.344 e. The van der Waals surface area contributed by atoms with Crippen molar-refractivity contribution >= 4 is 28.2 Å². The second-order valence-corrected chi connectivity index (χ2v) is 8.37. The Morgan fingerprint density at radius 1 is 1.36 bits per heavy atom. The first kappa shape index (κ1) is 19.2. The molecular formula is C18H26N4O2S. The quantitative estimate of drug-likeness (QED) is 0.852. The third kappa shape index (κ3) is 4.48. The number of carbonyl (C=O) groups excluding carboxylic acids is 2. The van der Waals surface area contributed by atoms with Gasteiger partial charge < -0.3 is 10.6 Å². The molecule has 2 heterocycles. The maximum atomic E-state index is 12.8. The van der Waals surface area contributed by atoms with E-state index in [9.17, 15) is 9.59 Å². The maximum absolute atomic E-state index is 12.8. The van der Waals surface area contributed by atoms with E-state index in [1.165, 1.54) is 11.3 Å². The average molecular weight is 362 g/mol. The number of carbonyl (C=O) groups is 2. The van der Waals surface area contributed by atoms with Gasteiger partial charge in [0, 0.05) is 23.5 Å². The summed E-state index contributed by atoms with van der Waals surface area (Å²) in [6.45, 7) is 9.47. The lowest BCUT2D eigenvalue weighted by molar-refractivity contribution is -0.123. The normalized spacial score (nSPS) is 12.7. The number of anilines is 1. The number of aryl methyl sites for hydroxylation is 2. The van der Waals surface area contributed by atoms with Crippen LogP contribution in [0.3, 0.4) is 0 Å². The van der Waals surface area contributed by atoms with Crippen LogP contribution in [0.5, 0.6) is 0 Å². The van der Waals surface area contributed by atoms with Crippen molar-refractivity contribution in [3.05, 3.63) is 34.5 Å². The number of nitrogens with zero attached hydrogens (tertiary/aromatic N) is 2. The van der Waals surface area contributed by atoms with Crippen molar-refractivity contribution in [3.8, 4) is 0 Å². The summed E-state index contributed by atoms with van der Waals surface area (Å²) in [6, 6.07) is 3.58. The molecule has 0 aromatic carbocycles. The topological polar surface area (TPSA) is 76.0 Å². The summed E-state index contributed by atoms with van der Waals surface area (Å²) in [6.07, 6.45) is 2.46. The number of thiophene rings is 1. The molecule has 7 heteroatoms. The van der Waals surface area contributed by atoms with E-state index in [1.807, 2.05) is 53.8 Å². The molecular weight excluding hydrogens is 336 g/mol. The van der Waals surface area contributed by atoms with Gasteiger partial charge in [-0.15, -0.1) is 11.3 Å². The zero-order valence-corrected chi connectivity index (χ0v) is 16.5. The van der Waals surface area contributed by atoms with E-state index in [-0.39, 0.29) is 17.9 Å². The van der Waals surface area contributed by atoms with Crippen LogP contribution in [0.1, 0.15) is 61.1 Å². The van der Waals surface area contributed by atoms with E-state index < -0.39 is 5.41 Å². The van der Waals surface area contributed by atoms with Crippen LogP contribution in [0.25, 0.3) is 0 Å². The fraction of sp³-hybridized carbons (Fsp3) is 0.500. The smallest absolute Gasteiger partial charge is 0.254 e. The predicted molar refractivity (Wildman–Crippen MR) is 101 cm³/mol. The van der Waals surface area contributed by atoms with Crippen molar-refractivity contribution in [1.29, 1.82) is 0 Å². The standard InChI is InChI=1S/C18H26N4O2S/c1-7-13(14-8-9-19-22(14)6)20-15(23)12-10-11(2)25-16(12)21-17(24)18(3,4)5/h8-10,13H,7H2,1-6H3,(H,20,23)(H,21,24). The summed E-state index contributed by atoms with van der Waals surface area (Å²) in [4.78, 5) is 26.1. The molecule has 1 unspecified atom stereocenters. The second kappa shape index (κ2) is 7.39. The number of hydrogen-bond acceptors (Lipinski definition) is 4. The van der Waals surface area contributed by atoms with Crippen molar-refractivity contribution in [3.63, 3.8) is 0 Å². The highest BCUT2D eigenvalue weighted by Crippen LogP contribution is 2.30. The van der Waals surface area contributed by atoms with Gasteiger partial charge in [-0.3, -0.25) is 14.3 Å². The Hall–Kier alpha value is -2.15. The van der Waals surface area contributed by atoms with Crippen molar-refractivity contribution in [2.75, 3.05) is 5.32 Å². The predicted octanol–water partition coefficient (Wildman–Crippen LogP) is 3.66. The van der Waals surface area contributed by atoms with Crippen LogP contribution in [0, 0.1) is 12.3 Å². The van der Waals surface area contributed by atoms with Crippen LogP contribution < -0.4 is 10.6 Å². The minimum absolute atomic E-state index is 0.109. The molecule has 0 spiro atoms. The molecule has 0 fully saturated rings. The largest absolute Gasteiger partial charge is 0.344 e. The van der Waals surface area contributed by atoms with E-state index in [4.69, 9.17) is 0 Å². The Kier molecular flexibility index (Phi) is 5.67. The Bertz CT molecular complexity index is 770. The van der Waals surface area contributed by atoms with Gasteiger partial charge in [0.05, 0.1) is 17.3 Å². The molecule has 1 atom stereocenters. The molecule has 6 nitrogen and oxygen atoms in total. The van der Waals surface area contributed by atoms with E-state index >= 15 is 0 Å². The third-order valence-corrected chi connectivity index (χ3v) is 4.90. The van der Waals surface area contributed by atoms with E-state index in [2.05, 4.69) is 15.7 Å². The van der Waals surface area contributed by atoms with Crippen molar-refractivity contribution < 1.29 is 9.59 Å². The first-order chi connectivity index (χ1) is 11.6. The molecule has 0 aliphatic heterocycles. The van der Waals surface area contributed by atoms with E-state index in [0.717, 1.165) is 17.0 Å². The molecule has 2 amide bonds. The zero-order valence-electron chi connectivity index (χ0n) is 15.6. The van der Waals surface area contributed by atoms with Crippen LogP contribution >= 0.6 is 11.3 Å². The lowest BCUT2D eigenvalue weighted by Gasteiger charge is -2.19. The highest BCUT2D eigenvalue weighted by molar-refractivity contribution is 7.16.